The van der Waals surface area contributed by atoms with Crippen LogP contribution in [0.25, 0.3) is 28.1 Å². The van der Waals surface area contributed by atoms with Crippen LogP contribution in [-0.2, 0) is 0 Å². The third-order valence-electron chi connectivity index (χ3n) is 3.31. The van der Waals surface area contributed by atoms with Crippen LogP contribution in [0, 0.1) is 0 Å². The molecule has 0 radical (unpaired) electrons. The minimum absolute atomic E-state index is 0.686. The normalized spacial score (nSPS) is 11.0. The molecule has 0 aliphatic carbocycles. The van der Waals surface area contributed by atoms with Gasteiger partial charge in [-0.15, -0.1) is 5.10 Å². The first-order valence-electron chi connectivity index (χ1n) is 6.70. The number of halogens is 1. The highest BCUT2D eigenvalue weighted by Gasteiger charge is 2.08. The Balaban J connectivity index is 1.74. The summed E-state index contributed by atoms with van der Waals surface area (Å²) in [7, 11) is 0. The Morgan fingerprint density at radius 3 is 2.64 bits per heavy atom. The van der Waals surface area contributed by atoms with Crippen molar-refractivity contribution in [2.75, 3.05) is 0 Å². The molecule has 5 nitrogen and oxygen atoms in total. The van der Waals surface area contributed by atoms with Gasteiger partial charge in [0.1, 0.15) is 5.69 Å². The molecule has 0 spiro atoms. The van der Waals surface area contributed by atoms with Gasteiger partial charge in [-0.05, 0) is 48.5 Å². The zero-order chi connectivity index (χ0) is 14.9. The lowest BCUT2D eigenvalue weighted by Crippen LogP contribution is -1.93. The molecule has 0 fully saturated rings. The predicted octanol–water partition coefficient (Wildman–Crippen LogP) is 3.53. The van der Waals surface area contributed by atoms with Gasteiger partial charge in [0.05, 0.1) is 17.6 Å². The lowest BCUT2D eigenvalue weighted by molar-refractivity contribution is 0.804. The topological polar surface area (TPSA) is 56.5 Å². The van der Waals surface area contributed by atoms with Gasteiger partial charge in [-0.3, -0.25) is 0 Å². The average Bonchev–Trinajstić information content (AvgIpc) is 3.05. The number of hydrogen-bond donors (Lipinski definition) is 0. The molecule has 3 aromatic heterocycles. The van der Waals surface area contributed by atoms with Gasteiger partial charge in [-0.25, -0.2) is 14.6 Å². The van der Waals surface area contributed by atoms with Gasteiger partial charge in [0.15, 0.2) is 5.65 Å². The maximum absolute atomic E-state index is 5.89. The Bertz CT molecular complexity index is 946. The fourth-order valence-corrected chi connectivity index (χ4v) is 2.32. The lowest BCUT2D eigenvalue weighted by Gasteiger charge is -1.99. The lowest BCUT2D eigenvalue weighted by atomic mass is 10.2. The third kappa shape index (κ3) is 2.31. The fraction of sp³-hybridized carbons (Fsp3) is 0. The standard InChI is InChI=1S/C16H10ClN5/c17-12-4-6-13(7-5-12)22-10-15(20-21-22)14-8-3-11-2-1-9-18-16(11)19-14/h1-10H. The molecule has 4 aromatic rings. The van der Waals surface area contributed by atoms with E-state index in [1.165, 1.54) is 0 Å². The number of pyridine rings is 2. The van der Waals surface area contributed by atoms with E-state index in [9.17, 15) is 0 Å². The molecule has 4 rings (SSSR count). The van der Waals surface area contributed by atoms with E-state index in [2.05, 4.69) is 20.3 Å². The number of fused-ring (bicyclic) bond motifs is 1. The second-order valence-corrected chi connectivity index (χ2v) is 5.21. The van der Waals surface area contributed by atoms with Crippen molar-refractivity contribution in [2.45, 2.75) is 0 Å². The molecule has 0 bridgehead atoms. The van der Waals surface area contributed by atoms with Crippen LogP contribution >= 0.6 is 11.6 Å². The fourth-order valence-electron chi connectivity index (χ4n) is 2.20. The van der Waals surface area contributed by atoms with Gasteiger partial charge in [0.2, 0.25) is 0 Å². The van der Waals surface area contributed by atoms with E-state index in [1.54, 1.807) is 10.9 Å². The van der Waals surface area contributed by atoms with E-state index in [-0.39, 0.29) is 0 Å². The van der Waals surface area contributed by atoms with Crippen LogP contribution in [0.3, 0.4) is 0 Å². The number of hydrogen-bond acceptors (Lipinski definition) is 4. The van der Waals surface area contributed by atoms with Crippen LogP contribution in [0.5, 0.6) is 0 Å². The zero-order valence-electron chi connectivity index (χ0n) is 11.4. The van der Waals surface area contributed by atoms with Crippen LogP contribution < -0.4 is 0 Å². The summed E-state index contributed by atoms with van der Waals surface area (Å²) in [4.78, 5) is 8.78. The largest absolute Gasteiger partial charge is 0.237 e. The first kappa shape index (κ1) is 12.9. The van der Waals surface area contributed by atoms with Crippen LogP contribution in [0.1, 0.15) is 0 Å². The minimum atomic E-state index is 0.686. The molecule has 0 unspecified atom stereocenters. The summed E-state index contributed by atoms with van der Waals surface area (Å²) in [6.07, 6.45) is 3.56. The molecule has 106 valence electrons. The molecule has 3 heterocycles. The summed E-state index contributed by atoms with van der Waals surface area (Å²) in [5, 5.41) is 10.0. The Kier molecular flexibility index (Phi) is 3.05. The first-order chi connectivity index (χ1) is 10.8. The van der Waals surface area contributed by atoms with Crippen molar-refractivity contribution in [2.24, 2.45) is 0 Å². The second kappa shape index (κ2) is 5.20. The van der Waals surface area contributed by atoms with E-state index < -0.39 is 0 Å². The van der Waals surface area contributed by atoms with Gasteiger partial charge < -0.3 is 0 Å². The maximum Gasteiger partial charge on any atom is 0.159 e. The Labute approximate surface area is 131 Å². The van der Waals surface area contributed by atoms with Crippen LogP contribution in [0.2, 0.25) is 5.02 Å². The summed E-state index contributed by atoms with van der Waals surface area (Å²) >= 11 is 5.89. The first-order valence-corrected chi connectivity index (χ1v) is 7.08. The van der Waals surface area contributed by atoms with Crippen LogP contribution in [0.4, 0.5) is 0 Å². The van der Waals surface area contributed by atoms with Crippen molar-refractivity contribution in [3.63, 3.8) is 0 Å². The summed E-state index contributed by atoms with van der Waals surface area (Å²) in [6.45, 7) is 0. The van der Waals surface area contributed by atoms with Gasteiger partial charge in [-0.1, -0.05) is 16.8 Å². The summed E-state index contributed by atoms with van der Waals surface area (Å²) in [6, 6.07) is 15.2. The van der Waals surface area contributed by atoms with Gasteiger partial charge in [-0.2, -0.15) is 0 Å². The molecule has 22 heavy (non-hydrogen) atoms. The van der Waals surface area contributed by atoms with Crippen molar-refractivity contribution in [1.29, 1.82) is 0 Å². The molecule has 0 saturated carbocycles. The summed E-state index contributed by atoms with van der Waals surface area (Å²) in [5.74, 6) is 0. The monoisotopic (exact) mass is 307 g/mol. The zero-order valence-corrected chi connectivity index (χ0v) is 12.1. The van der Waals surface area contributed by atoms with Crippen LogP contribution in [-0.4, -0.2) is 25.0 Å². The predicted molar refractivity (Wildman–Crippen MR) is 84.9 cm³/mol. The molecule has 0 atom stereocenters. The quantitative estimate of drug-likeness (QED) is 0.568. The molecule has 0 amide bonds. The molecule has 0 N–H and O–H groups in total. The molecule has 0 saturated heterocycles. The van der Waals surface area contributed by atoms with Crippen molar-refractivity contribution >= 4 is 22.6 Å². The number of benzene rings is 1. The summed E-state index contributed by atoms with van der Waals surface area (Å²) in [5.41, 5.74) is 3.03. The summed E-state index contributed by atoms with van der Waals surface area (Å²) < 4.78 is 1.69. The molecular weight excluding hydrogens is 298 g/mol. The van der Waals surface area contributed by atoms with Gasteiger partial charge in [0.25, 0.3) is 0 Å². The Morgan fingerprint density at radius 1 is 0.909 bits per heavy atom. The van der Waals surface area contributed by atoms with Crippen molar-refractivity contribution in [3.05, 3.63) is 65.9 Å². The maximum atomic E-state index is 5.89. The average molecular weight is 308 g/mol. The number of nitrogens with zero attached hydrogens (tertiary/aromatic N) is 5. The van der Waals surface area contributed by atoms with Gasteiger partial charge in [0, 0.05) is 16.6 Å². The number of aromatic nitrogens is 5. The highest BCUT2D eigenvalue weighted by atomic mass is 35.5. The molecular formula is C16H10ClN5. The van der Waals surface area contributed by atoms with E-state index in [1.807, 2.05) is 54.7 Å². The van der Waals surface area contributed by atoms with Gasteiger partial charge >= 0.3 is 0 Å². The van der Waals surface area contributed by atoms with Crippen molar-refractivity contribution < 1.29 is 0 Å². The molecule has 1 aromatic carbocycles. The third-order valence-corrected chi connectivity index (χ3v) is 3.56. The molecule has 0 aliphatic rings. The minimum Gasteiger partial charge on any atom is -0.237 e. The smallest absolute Gasteiger partial charge is 0.159 e. The molecule has 0 aliphatic heterocycles. The van der Waals surface area contributed by atoms with Crippen LogP contribution in [0.15, 0.2) is 60.9 Å². The van der Waals surface area contributed by atoms with E-state index >= 15 is 0 Å². The molecule has 6 heteroatoms. The van der Waals surface area contributed by atoms with E-state index in [0.29, 0.717) is 16.4 Å². The second-order valence-electron chi connectivity index (χ2n) is 4.77. The van der Waals surface area contributed by atoms with Crippen molar-refractivity contribution in [1.82, 2.24) is 25.0 Å². The highest BCUT2D eigenvalue weighted by molar-refractivity contribution is 6.30. The highest BCUT2D eigenvalue weighted by Crippen LogP contribution is 2.19. The SMILES string of the molecule is Clc1ccc(-n2cc(-c3ccc4cccnc4n3)nn2)cc1. The van der Waals surface area contributed by atoms with E-state index in [4.69, 9.17) is 11.6 Å². The Morgan fingerprint density at radius 2 is 1.77 bits per heavy atom. The Hall–Kier alpha value is -2.79. The number of rotatable bonds is 2. The van der Waals surface area contributed by atoms with Crippen molar-refractivity contribution in [3.8, 4) is 17.1 Å². The van der Waals surface area contributed by atoms with E-state index in [0.717, 1.165) is 16.8 Å².